The molecule has 0 spiro atoms. The van der Waals surface area contributed by atoms with Crippen molar-refractivity contribution >= 4 is 60.1 Å². The van der Waals surface area contributed by atoms with E-state index in [0.29, 0.717) is 0 Å². The third-order valence-electron chi connectivity index (χ3n) is 8.91. The molecule has 0 saturated carbocycles. The molecule has 41 heavy (non-hydrogen) atoms. The molecule has 9 rings (SSSR count). The zero-order valence-corrected chi connectivity index (χ0v) is 22.5. The standard InChI is InChI=1S/C40H26O/c1-3-15-27-25(12-1)14-11-22-30(27)37-31-18-5-7-20-33(31)38(34-21-8-6-19-32(34)37)39-28-16-4-2-13-26(28)24-35-29-17-9-10-23-36(29)41-40(35)39/h1-8,10-16,18-24H,9,17H2. The van der Waals surface area contributed by atoms with E-state index in [1.54, 1.807) is 0 Å². The second kappa shape index (κ2) is 8.68. The molecular formula is C40H26O. The van der Waals surface area contributed by atoms with Crippen LogP contribution in [0.5, 0.6) is 0 Å². The lowest BCUT2D eigenvalue weighted by Crippen LogP contribution is -1.93. The summed E-state index contributed by atoms with van der Waals surface area (Å²) >= 11 is 0. The lowest BCUT2D eigenvalue weighted by Gasteiger charge is -2.20. The van der Waals surface area contributed by atoms with Crippen LogP contribution in [0.2, 0.25) is 0 Å². The van der Waals surface area contributed by atoms with Crippen LogP contribution in [-0.2, 0) is 6.42 Å². The van der Waals surface area contributed by atoms with Crippen LogP contribution in [-0.4, -0.2) is 0 Å². The number of benzene rings is 7. The van der Waals surface area contributed by atoms with Crippen molar-refractivity contribution in [3.8, 4) is 22.3 Å². The molecule has 7 aromatic carbocycles. The van der Waals surface area contributed by atoms with Gasteiger partial charge in [0.15, 0.2) is 0 Å². The average Bonchev–Trinajstić information content (AvgIpc) is 3.41. The molecule has 0 amide bonds. The van der Waals surface area contributed by atoms with Gasteiger partial charge in [-0.1, -0.05) is 121 Å². The van der Waals surface area contributed by atoms with Crippen LogP contribution in [0, 0.1) is 0 Å². The maximum atomic E-state index is 6.77. The molecule has 8 aromatic rings. The molecule has 0 N–H and O–H groups in total. The molecule has 0 aliphatic heterocycles. The summed E-state index contributed by atoms with van der Waals surface area (Å²) in [5.41, 5.74) is 7.32. The highest BCUT2D eigenvalue weighted by Crippen LogP contribution is 2.49. The van der Waals surface area contributed by atoms with Gasteiger partial charge in [-0.3, -0.25) is 0 Å². The Bertz CT molecular complexity index is 2300. The summed E-state index contributed by atoms with van der Waals surface area (Å²) < 4.78 is 6.77. The van der Waals surface area contributed by atoms with Crippen molar-refractivity contribution in [3.05, 3.63) is 139 Å². The van der Waals surface area contributed by atoms with Crippen molar-refractivity contribution in [1.82, 2.24) is 0 Å². The minimum atomic E-state index is 0.994. The fourth-order valence-electron chi connectivity index (χ4n) is 7.15. The van der Waals surface area contributed by atoms with E-state index in [-0.39, 0.29) is 0 Å². The van der Waals surface area contributed by atoms with Crippen LogP contribution in [0.3, 0.4) is 0 Å². The Kier molecular flexibility index (Phi) is 4.80. The lowest BCUT2D eigenvalue weighted by molar-refractivity contribution is 0.596. The van der Waals surface area contributed by atoms with Crippen molar-refractivity contribution in [2.75, 3.05) is 0 Å². The topological polar surface area (TPSA) is 13.1 Å². The van der Waals surface area contributed by atoms with Crippen LogP contribution >= 0.6 is 0 Å². The van der Waals surface area contributed by atoms with Gasteiger partial charge >= 0.3 is 0 Å². The van der Waals surface area contributed by atoms with Gasteiger partial charge in [0.05, 0.1) is 0 Å². The molecule has 1 aromatic heterocycles. The van der Waals surface area contributed by atoms with E-state index in [0.717, 1.165) is 24.2 Å². The molecule has 0 fully saturated rings. The second-order valence-corrected chi connectivity index (χ2v) is 11.1. The summed E-state index contributed by atoms with van der Waals surface area (Å²) in [5.74, 6) is 1.00. The van der Waals surface area contributed by atoms with Crippen molar-refractivity contribution < 1.29 is 4.42 Å². The Balaban J connectivity index is 1.51. The van der Waals surface area contributed by atoms with Crippen LogP contribution in [0.25, 0.3) is 82.4 Å². The van der Waals surface area contributed by atoms with Crippen LogP contribution in [0.4, 0.5) is 0 Å². The Morgan fingerprint density at radius 3 is 1.78 bits per heavy atom. The Hall–Kier alpha value is -5.14. The highest BCUT2D eigenvalue weighted by Gasteiger charge is 2.24. The van der Waals surface area contributed by atoms with Gasteiger partial charge in [-0.2, -0.15) is 0 Å². The van der Waals surface area contributed by atoms with Gasteiger partial charge in [-0.05, 0) is 79.2 Å². The van der Waals surface area contributed by atoms with Crippen LogP contribution in [0.15, 0.2) is 132 Å². The van der Waals surface area contributed by atoms with E-state index in [4.69, 9.17) is 4.42 Å². The van der Waals surface area contributed by atoms with Gasteiger partial charge in [-0.25, -0.2) is 0 Å². The second-order valence-electron chi connectivity index (χ2n) is 11.1. The minimum Gasteiger partial charge on any atom is -0.456 e. The molecule has 1 aliphatic carbocycles. The summed E-state index contributed by atoms with van der Waals surface area (Å²) in [6.45, 7) is 0. The summed E-state index contributed by atoms with van der Waals surface area (Å²) in [4.78, 5) is 0. The summed E-state index contributed by atoms with van der Waals surface area (Å²) in [6.07, 6.45) is 6.45. The van der Waals surface area contributed by atoms with Crippen molar-refractivity contribution in [1.29, 1.82) is 0 Å². The number of fused-ring (bicyclic) bond motifs is 7. The fraction of sp³-hybridized carbons (Fsp3) is 0.0500. The first-order chi connectivity index (χ1) is 20.4. The minimum absolute atomic E-state index is 0.994. The summed E-state index contributed by atoms with van der Waals surface area (Å²) in [7, 11) is 0. The molecule has 0 unspecified atom stereocenters. The Labute approximate surface area is 238 Å². The predicted molar refractivity (Wildman–Crippen MR) is 174 cm³/mol. The maximum Gasteiger partial charge on any atom is 0.143 e. The molecule has 1 aliphatic rings. The van der Waals surface area contributed by atoms with E-state index in [9.17, 15) is 0 Å². The number of hydrogen-bond acceptors (Lipinski definition) is 1. The first-order valence-corrected chi connectivity index (χ1v) is 14.4. The molecule has 192 valence electrons. The molecule has 0 radical (unpaired) electrons. The number of allylic oxidation sites excluding steroid dienone is 1. The molecule has 0 bridgehead atoms. The van der Waals surface area contributed by atoms with Gasteiger partial charge in [0, 0.05) is 22.1 Å². The van der Waals surface area contributed by atoms with E-state index in [2.05, 4.69) is 133 Å². The molecule has 1 nitrogen and oxygen atoms in total. The Morgan fingerprint density at radius 1 is 0.463 bits per heavy atom. The van der Waals surface area contributed by atoms with E-state index in [1.165, 1.54) is 76.3 Å². The highest BCUT2D eigenvalue weighted by molar-refractivity contribution is 6.28. The average molecular weight is 523 g/mol. The van der Waals surface area contributed by atoms with E-state index < -0.39 is 0 Å². The van der Waals surface area contributed by atoms with Gasteiger partial charge in [0.2, 0.25) is 0 Å². The maximum absolute atomic E-state index is 6.77. The summed E-state index contributed by atoms with van der Waals surface area (Å²) in [5, 5.41) is 11.3. The first-order valence-electron chi connectivity index (χ1n) is 14.4. The zero-order valence-electron chi connectivity index (χ0n) is 22.5. The molecule has 1 heterocycles. The quantitative estimate of drug-likeness (QED) is 0.206. The number of aryl methyl sites for hydroxylation is 1. The SMILES string of the molecule is C1=Cc2oc3c(-c4c5ccccc5c(-c5cccc6ccccc56)c5ccccc45)c4ccccc4cc3c2CC1. The van der Waals surface area contributed by atoms with Crippen molar-refractivity contribution in [2.24, 2.45) is 0 Å². The lowest BCUT2D eigenvalue weighted by atomic mass is 9.83. The number of hydrogen-bond donors (Lipinski definition) is 0. The normalized spacial score (nSPS) is 13.1. The molecule has 0 saturated heterocycles. The van der Waals surface area contributed by atoms with Crippen LogP contribution in [0.1, 0.15) is 17.7 Å². The van der Waals surface area contributed by atoms with Gasteiger partial charge in [0.25, 0.3) is 0 Å². The van der Waals surface area contributed by atoms with Gasteiger partial charge < -0.3 is 4.42 Å². The largest absolute Gasteiger partial charge is 0.456 e. The van der Waals surface area contributed by atoms with Crippen LogP contribution < -0.4 is 0 Å². The first kappa shape index (κ1) is 22.7. The monoisotopic (exact) mass is 522 g/mol. The number of furan rings is 1. The van der Waals surface area contributed by atoms with Gasteiger partial charge in [-0.15, -0.1) is 0 Å². The number of rotatable bonds is 2. The highest BCUT2D eigenvalue weighted by atomic mass is 16.3. The fourth-order valence-corrected chi connectivity index (χ4v) is 7.15. The zero-order chi connectivity index (χ0) is 26.9. The Morgan fingerprint density at radius 2 is 1.05 bits per heavy atom. The van der Waals surface area contributed by atoms with Crippen molar-refractivity contribution in [3.63, 3.8) is 0 Å². The van der Waals surface area contributed by atoms with Crippen molar-refractivity contribution in [2.45, 2.75) is 12.8 Å². The van der Waals surface area contributed by atoms with Gasteiger partial charge in [0.1, 0.15) is 11.3 Å². The third kappa shape index (κ3) is 3.24. The van der Waals surface area contributed by atoms with E-state index >= 15 is 0 Å². The van der Waals surface area contributed by atoms with E-state index in [1.807, 2.05) is 0 Å². The molecule has 0 atom stereocenters. The summed E-state index contributed by atoms with van der Waals surface area (Å²) in [6, 6.07) is 44.4. The molecular weight excluding hydrogens is 496 g/mol. The third-order valence-corrected chi connectivity index (χ3v) is 8.91. The smallest absolute Gasteiger partial charge is 0.143 e. The predicted octanol–water partition coefficient (Wildman–Crippen LogP) is 11.3. The molecule has 1 heteroatoms.